The summed E-state index contributed by atoms with van der Waals surface area (Å²) in [6.45, 7) is 2.43. The molecule has 0 atom stereocenters. The molecule has 1 heterocycles. The maximum Gasteiger partial charge on any atom is 0.142 e. The van der Waals surface area contributed by atoms with Crippen molar-refractivity contribution in [3.05, 3.63) is 81.0 Å². The zero-order valence-electron chi connectivity index (χ0n) is 14.8. The minimum absolute atomic E-state index is 0.389. The summed E-state index contributed by atoms with van der Waals surface area (Å²) in [5.74, 6) is 0. The number of thiophene rings is 1. The lowest BCUT2D eigenvalue weighted by Gasteiger charge is -2.04. The maximum atomic E-state index is 9.46. The van der Waals surface area contributed by atoms with Crippen LogP contribution in [0.5, 0.6) is 0 Å². The van der Waals surface area contributed by atoms with E-state index in [2.05, 4.69) is 17.3 Å². The molecule has 0 spiro atoms. The molecule has 3 aromatic rings. The molecule has 3 rings (SSSR count). The Morgan fingerprint density at radius 1 is 1.00 bits per heavy atom. The summed E-state index contributed by atoms with van der Waals surface area (Å²) < 4.78 is 0. The number of hydrogen-bond donors (Lipinski definition) is 0. The minimum atomic E-state index is 0.389. The molecule has 5 heteroatoms. The van der Waals surface area contributed by atoms with Gasteiger partial charge in [0.15, 0.2) is 0 Å². The van der Waals surface area contributed by atoms with Crippen LogP contribution in [0.15, 0.2) is 59.8 Å². The van der Waals surface area contributed by atoms with E-state index in [0.717, 1.165) is 22.3 Å². The zero-order valence-corrected chi connectivity index (χ0v) is 15.7. The van der Waals surface area contributed by atoms with Gasteiger partial charge in [-0.3, -0.25) is 0 Å². The lowest BCUT2D eigenvalue weighted by Crippen LogP contribution is -1.93. The lowest BCUT2D eigenvalue weighted by atomic mass is 9.99. The highest BCUT2D eigenvalue weighted by Crippen LogP contribution is 2.36. The molecule has 0 unspecified atom stereocenters. The molecule has 0 bridgehead atoms. The number of aryl methyl sites for hydroxylation is 1. The Labute approximate surface area is 162 Å². The van der Waals surface area contributed by atoms with Gasteiger partial charge in [-0.25, -0.2) is 0 Å². The maximum absolute atomic E-state index is 9.46. The SMILES string of the molecule is Cc1ccc(CO/N=C/Cc2c(C#N)sc(C#N)c2-c2ccccc2)cc1. The quantitative estimate of drug-likeness (QED) is 0.441. The number of nitrogens with zero attached hydrogens (tertiary/aromatic N) is 3. The summed E-state index contributed by atoms with van der Waals surface area (Å²) in [6.07, 6.45) is 2.07. The highest BCUT2D eigenvalue weighted by Gasteiger charge is 2.18. The van der Waals surface area contributed by atoms with Crippen molar-refractivity contribution in [3.63, 3.8) is 0 Å². The predicted octanol–water partition coefficient (Wildman–Crippen LogP) is 5.21. The van der Waals surface area contributed by atoms with E-state index < -0.39 is 0 Å². The van der Waals surface area contributed by atoms with Gasteiger partial charge in [-0.05, 0) is 23.6 Å². The fourth-order valence-electron chi connectivity index (χ4n) is 2.72. The van der Waals surface area contributed by atoms with Crippen LogP contribution in [0.3, 0.4) is 0 Å². The Morgan fingerprint density at radius 3 is 2.37 bits per heavy atom. The van der Waals surface area contributed by atoms with Crippen molar-refractivity contribution < 1.29 is 4.84 Å². The van der Waals surface area contributed by atoms with Gasteiger partial charge in [0.2, 0.25) is 0 Å². The van der Waals surface area contributed by atoms with E-state index in [-0.39, 0.29) is 0 Å². The summed E-state index contributed by atoms with van der Waals surface area (Å²) in [6, 6.07) is 22.1. The molecule has 1 aromatic heterocycles. The third-order valence-electron chi connectivity index (χ3n) is 4.07. The van der Waals surface area contributed by atoms with Crippen molar-refractivity contribution in [1.82, 2.24) is 0 Å². The Hall–Kier alpha value is -3.41. The predicted molar refractivity (Wildman–Crippen MR) is 107 cm³/mol. The van der Waals surface area contributed by atoms with Gasteiger partial charge >= 0.3 is 0 Å². The molecule has 0 aliphatic carbocycles. The second-order valence-electron chi connectivity index (χ2n) is 5.95. The topological polar surface area (TPSA) is 69.2 Å². The normalized spacial score (nSPS) is 10.5. The van der Waals surface area contributed by atoms with E-state index in [0.29, 0.717) is 22.8 Å². The Morgan fingerprint density at radius 2 is 1.70 bits per heavy atom. The van der Waals surface area contributed by atoms with Gasteiger partial charge in [-0.2, -0.15) is 10.5 Å². The smallest absolute Gasteiger partial charge is 0.142 e. The Kier molecular flexibility index (Phi) is 5.99. The summed E-state index contributed by atoms with van der Waals surface area (Å²) in [7, 11) is 0. The first-order chi connectivity index (χ1) is 13.2. The van der Waals surface area contributed by atoms with Crippen molar-refractivity contribution in [2.24, 2.45) is 5.16 Å². The summed E-state index contributed by atoms with van der Waals surface area (Å²) in [5, 5.41) is 22.9. The van der Waals surface area contributed by atoms with E-state index in [1.807, 2.05) is 61.5 Å². The molecule has 0 saturated carbocycles. The number of rotatable bonds is 6. The van der Waals surface area contributed by atoms with Gasteiger partial charge in [-0.1, -0.05) is 65.3 Å². The van der Waals surface area contributed by atoms with Crippen LogP contribution < -0.4 is 0 Å². The first-order valence-corrected chi connectivity index (χ1v) is 9.25. The largest absolute Gasteiger partial charge is 0.391 e. The molecule has 0 fully saturated rings. The third kappa shape index (κ3) is 4.41. The summed E-state index contributed by atoms with van der Waals surface area (Å²) in [5.41, 5.74) is 4.79. The van der Waals surface area contributed by atoms with E-state index in [1.165, 1.54) is 16.9 Å². The molecule has 0 N–H and O–H groups in total. The molecule has 0 radical (unpaired) electrons. The standard InChI is InChI=1S/C22H17N3OS/c1-16-7-9-17(10-8-16)15-26-25-12-11-19-20(13-23)27-21(14-24)22(19)18-5-3-2-4-6-18/h2-10,12H,11,15H2,1H3/b25-12+. The number of hydrogen-bond acceptors (Lipinski definition) is 5. The summed E-state index contributed by atoms with van der Waals surface area (Å²) >= 11 is 1.22. The van der Waals surface area contributed by atoms with Gasteiger partial charge < -0.3 is 4.84 Å². The van der Waals surface area contributed by atoms with Crippen molar-refractivity contribution in [1.29, 1.82) is 10.5 Å². The third-order valence-corrected chi connectivity index (χ3v) is 5.11. The second-order valence-corrected chi connectivity index (χ2v) is 6.98. The molecular weight excluding hydrogens is 354 g/mol. The molecule has 0 amide bonds. The van der Waals surface area contributed by atoms with Crippen molar-refractivity contribution >= 4 is 17.6 Å². The Balaban J connectivity index is 1.76. The van der Waals surface area contributed by atoms with Gasteiger partial charge in [0, 0.05) is 18.2 Å². The fourth-order valence-corrected chi connectivity index (χ4v) is 3.66. The van der Waals surface area contributed by atoms with Crippen molar-refractivity contribution in [2.45, 2.75) is 20.0 Å². The minimum Gasteiger partial charge on any atom is -0.391 e. The van der Waals surface area contributed by atoms with Gasteiger partial charge in [0.05, 0.1) is 0 Å². The molecule has 132 valence electrons. The molecule has 0 saturated heterocycles. The monoisotopic (exact) mass is 371 g/mol. The number of oxime groups is 1. The van der Waals surface area contributed by atoms with Crippen LogP contribution in [-0.2, 0) is 17.9 Å². The van der Waals surface area contributed by atoms with Gasteiger partial charge in [-0.15, -0.1) is 11.3 Å². The van der Waals surface area contributed by atoms with Crippen molar-refractivity contribution in [3.8, 4) is 23.3 Å². The average Bonchev–Trinajstić information content (AvgIpc) is 3.07. The molecule has 4 nitrogen and oxygen atoms in total. The first kappa shape index (κ1) is 18.4. The molecular formula is C22H17N3OS. The second kappa shape index (κ2) is 8.80. The molecule has 0 aliphatic heterocycles. The number of nitriles is 2. The molecule has 0 aliphatic rings. The average molecular weight is 371 g/mol. The van der Waals surface area contributed by atoms with E-state index in [4.69, 9.17) is 4.84 Å². The van der Waals surface area contributed by atoms with Crippen LogP contribution in [0.2, 0.25) is 0 Å². The zero-order chi connectivity index (χ0) is 19.1. The van der Waals surface area contributed by atoms with Crippen LogP contribution in [-0.4, -0.2) is 6.21 Å². The van der Waals surface area contributed by atoms with Gasteiger partial charge in [0.1, 0.15) is 28.5 Å². The van der Waals surface area contributed by atoms with Crippen LogP contribution in [0.1, 0.15) is 26.4 Å². The van der Waals surface area contributed by atoms with Crippen LogP contribution in [0.4, 0.5) is 0 Å². The highest BCUT2D eigenvalue weighted by atomic mass is 32.1. The van der Waals surface area contributed by atoms with E-state index in [9.17, 15) is 10.5 Å². The first-order valence-electron chi connectivity index (χ1n) is 8.43. The molecule has 27 heavy (non-hydrogen) atoms. The Bertz CT molecular complexity index is 1020. The van der Waals surface area contributed by atoms with Crippen molar-refractivity contribution in [2.75, 3.05) is 0 Å². The summed E-state index contributed by atoms with van der Waals surface area (Å²) in [4.78, 5) is 6.44. The highest BCUT2D eigenvalue weighted by molar-refractivity contribution is 7.13. The van der Waals surface area contributed by atoms with Crippen LogP contribution in [0, 0.1) is 29.6 Å². The number of benzene rings is 2. The van der Waals surface area contributed by atoms with Gasteiger partial charge in [0.25, 0.3) is 0 Å². The van der Waals surface area contributed by atoms with E-state index in [1.54, 1.807) is 6.21 Å². The fraction of sp³-hybridized carbons (Fsp3) is 0.136. The lowest BCUT2D eigenvalue weighted by molar-refractivity contribution is 0.131. The van der Waals surface area contributed by atoms with Crippen LogP contribution >= 0.6 is 11.3 Å². The van der Waals surface area contributed by atoms with E-state index >= 15 is 0 Å². The molecule has 2 aromatic carbocycles. The van der Waals surface area contributed by atoms with Crippen LogP contribution in [0.25, 0.3) is 11.1 Å².